The summed E-state index contributed by atoms with van der Waals surface area (Å²) in [5, 5.41) is 5.75. The lowest BCUT2D eigenvalue weighted by Gasteiger charge is -2.17. The number of hydrogen-bond acceptors (Lipinski definition) is 4. The summed E-state index contributed by atoms with van der Waals surface area (Å²) in [6.45, 7) is 0.314. The smallest absolute Gasteiger partial charge is 0.306 e. The van der Waals surface area contributed by atoms with Crippen molar-refractivity contribution in [3.05, 3.63) is 59.7 Å². The molecular weight excluding hydrogens is 380 g/mol. The number of rotatable bonds is 10. The van der Waals surface area contributed by atoms with Crippen LogP contribution in [0.25, 0.3) is 0 Å². The maximum absolute atomic E-state index is 12.1. The second-order valence-corrected chi connectivity index (χ2v) is 7.53. The average molecular weight is 408 g/mol. The Labute approximate surface area is 177 Å². The van der Waals surface area contributed by atoms with Gasteiger partial charge < -0.3 is 15.4 Å². The summed E-state index contributed by atoms with van der Waals surface area (Å²) in [5.41, 5.74) is 3.62. The van der Waals surface area contributed by atoms with E-state index >= 15 is 0 Å². The van der Waals surface area contributed by atoms with Crippen molar-refractivity contribution in [3.63, 3.8) is 0 Å². The summed E-state index contributed by atoms with van der Waals surface area (Å²) in [6, 6.07) is 15.2. The molecule has 30 heavy (non-hydrogen) atoms. The van der Waals surface area contributed by atoms with Gasteiger partial charge in [-0.15, -0.1) is 0 Å². The molecule has 0 aliphatic carbocycles. The Balaban J connectivity index is 1.25. The van der Waals surface area contributed by atoms with E-state index in [1.54, 1.807) is 0 Å². The maximum Gasteiger partial charge on any atom is 0.306 e. The van der Waals surface area contributed by atoms with Crippen molar-refractivity contribution in [3.8, 4) is 0 Å². The van der Waals surface area contributed by atoms with Gasteiger partial charge in [0.15, 0.2) is 0 Å². The molecule has 0 aromatic heterocycles. The van der Waals surface area contributed by atoms with Crippen LogP contribution >= 0.6 is 0 Å². The maximum atomic E-state index is 12.1. The second kappa shape index (κ2) is 11.1. The molecule has 2 aromatic rings. The largest absolute Gasteiger partial charge is 0.461 e. The van der Waals surface area contributed by atoms with Crippen LogP contribution in [0.3, 0.4) is 0 Å². The molecule has 2 N–H and O–H groups in total. The average Bonchev–Trinajstić information content (AvgIpc) is 2.75. The third kappa shape index (κ3) is 7.03. The van der Waals surface area contributed by atoms with Crippen LogP contribution in [0.15, 0.2) is 48.5 Å². The number of ether oxygens (including phenoxy) is 1. The quantitative estimate of drug-likeness (QED) is 0.445. The Morgan fingerprint density at radius 2 is 1.70 bits per heavy atom. The fraction of sp³-hybridized carbons (Fsp3) is 0.375. The molecule has 0 unspecified atom stereocenters. The number of unbranched alkanes of at least 4 members (excludes halogenated alkanes) is 3. The monoisotopic (exact) mass is 408 g/mol. The molecule has 0 spiro atoms. The van der Waals surface area contributed by atoms with Crippen LogP contribution in [0.2, 0.25) is 0 Å². The highest BCUT2D eigenvalue weighted by Gasteiger charge is 2.15. The summed E-state index contributed by atoms with van der Waals surface area (Å²) in [4.78, 5) is 35.3. The highest BCUT2D eigenvalue weighted by atomic mass is 16.5. The Bertz CT molecular complexity index is 880. The topological polar surface area (TPSA) is 84.5 Å². The highest BCUT2D eigenvalue weighted by Crippen LogP contribution is 2.25. The van der Waals surface area contributed by atoms with Gasteiger partial charge in [0.05, 0.1) is 0 Å². The van der Waals surface area contributed by atoms with Crippen LogP contribution < -0.4 is 10.6 Å². The molecule has 2 amide bonds. The molecule has 6 heteroatoms. The highest BCUT2D eigenvalue weighted by molar-refractivity contribution is 5.95. The number of benzene rings is 2. The number of fused-ring (bicyclic) bond motifs is 1. The molecule has 3 rings (SSSR count). The predicted octanol–water partition coefficient (Wildman–Crippen LogP) is 4.59. The van der Waals surface area contributed by atoms with Crippen LogP contribution in [0, 0.1) is 0 Å². The Hall–Kier alpha value is -3.15. The molecule has 0 fully saturated rings. The van der Waals surface area contributed by atoms with E-state index in [1.165, 1.54) is 0 Å². The van der Waals surface area contributed by atoms with Crippen molar-refractivity contribution in [2.75, 3.05) is 10.6 Å². The van der Waals surface area contributed by atoms with E-state index in [0.29, 0.717) is 32.3 Å². The Morgan fingerprint density at radius 1 is 0.933 bits per heavy atom. The van der Waals surface area contributed by atoms with Gasteiger partial charge in [0.1, 0.15) is 6.61 Å². The molecular formula is C24H28N2O4. The third-order valence-electron chi connectivity index (χ3n) is 5.06. The van der Waals surface area contributed by atoms with Gasteiger partial charge in [-0.05, 0) is 48.6 Å². The molecule has 0 bridgehead atoms. The summed E-state index contributed by atoms with van der Waals surface area (Å²) in [6.07, 6.45) is 5.37. The number of carbonyl (C=O) groups is 3. The van der Waals surface area contributed by atoms with Gasteiger partial charge in [0, 0.05) is 30.6 Å². The van der Waals surface area contributed by atoms with Gasteiger partial charge in [0.25, 0.3) is 0 Å². The van der Waals surface area contributed by atoms with Crippen LogP contribution in [0.1, 0.15) is 56.1 Å². The van der Waals surface area contributed by atoms with Gasteiger partial charge in [-0.3, -0.25) is 14.4 Å². The molecule has 0 atom stereocenters. The lowest BCUT2D eigenvalue weighted by Crippen LogP contribution is -2.19. The number of hydrogen-bond donors (Lipinski definition) is 2. The first-order valence-electron chi connectivity index (χ1n) is 10.5. The van der Waals surface area contributed by atoms with Crippen molar-refractivity contribution in [2.24, 2.45) is 0 Å². The molecule has 1 heterocycles. The van der Waals surface area contributed by atoms with Crippen LogP contribution in [0.4, 0.5) is 11.4 Å². The normalized spacial score (nSPS) is 12.6. The molecule has 0 saturated heterocycles. The number of anilines is 2. The second-order valence-electron chi connectivity index (χ2n) is 7.53. The first-order chi connectivity index (χ1) is 14.6. The number of nitrogens with one attached hydrogen (secondary N) is 2. The molecule has 0 saturated carbocycles. The Kier molecular flexibility index (Phi) is 8.01. The van der Waals surface area contributed by atoms with E-state index in [0.717, 1.165) is 48.2 Å². The summed E-state index contributed by atoms with van der Waals surface area (Å²) in [7, 11) is 0. The SMILES string of the molecule is O=C(CCCCCCC(=O)OCc1ccccc1)Nc1ccc2c(c1)CCC(=O)N2. The molecule has 6 nitrogen and oxygen atoms in total. The Morgan fingerprint density at radius 3 is 2.50 bits per heavy atom. The van der Waals surface area contributed by atoms with E-state index in [-0.39, 0.29) is 17.8 Å². The van der Waals surface area contributed by atoms with E-state index in [1.807, 2.05) is 48.5 Å². The molecule has 1 aliphatic heterocycles. The van der Waals surface area contributed by atoms with Gasteiger partial charge in [-0.1, -0.05) is 43.2 Å². The number of carbonyl (C=O) groups excluding carboxylic acids is 3. The van der Waals surface area contributed by atoms with E-state index in [9.17, 15) is 14.4 Å². The molecule has 1 aliphatic rings. The van der Waals surface area contributed by atoms with Crippen molar-refractivity contribution in [2.45, 2.75) is 58.0 Å². The fourth-order valence-electron chi connectivity index (χ4n) is 3.40. The predicted molar refractivity (Wildman–Crippen MR) is 116 cm³/mol. The van der Waals surface area contributed by atoms with Crippen molar-refractivity contribution >= 4 is 29.2 Å². The minimum atomic E-state index is -0.180. The lowest BCUT2D eigenvalue weighted by molar-refractivity contribution is -0.145. The van der Waals surface area contributed by atoms with E-state index in [4.69, 9.17) is 4.74 Å². The standard InChI is InChI=1S/C24H28N2O4/c27-22(25-20-13-14-21-19(16-20)12-15-23(28)26-21)10-6-1-2-7-11-24(29)30-17-18-8-4-3-5-9-18/h3-5,8-9,13-14,16H,1-2,6-7,10-12,15,17H2,(H,25,27)(H,26,28). The molecule has 0 radical (unpaired) electrons. The van der Waals surface area contributed by atoms with Crippen LogP contribution in [0.5, 0.6) is 0 Å². The molecule has 158 valence electrons. The number of aryl methyl sites for hydroxylation is 1. The number of amides is 2. The zero-order valence-corrected chi connectivity index (χ0v) is 17.1. The van der Waals surface area contributed by atoms with E-state index < -0.39 is 0 Å². The minimum Gasteiger partial charge on any atom is -0.461 e. The van der Waals surface area contributed by atoms with Crippen LogP contribution in [-0.4, -0.2) is 17.8 Å². The van der Waals surface area contributed by atoms with E-state index in [2.05, 4.69) is 10.6 Å². The lowest BCUT2D eigenvalue weighted by atomic mass is 10.0. The number of esters is 1. The zero-order chi connectivity index (χ0) is 21.2. The van der Waals surface area contributed by atoms with Gasteiger partial charge >= 0.3 is 5.97 Å². The van der Waals surface area contributed by atoms with Crippen molar-refractivity contribution in [1.29, 1.82) is 0 Å². The first kappa shape index (κ1) is 21.6. The first-order valence-corrected chi connectivity index (χ1v) is 10.5. The summed E-state index contributed by atoms with van der Waals surface area (Å²) < 4.78 is 5.26. The molecule has 2 aromatic carbocycles. The van der Waals surface area contributed by atoms with Crippen molar-refractivity contribution < 1.29 is 19.1 Å². The summed E-state index contributed by atoms with van der Waals surface area (Å²) >= 11 is 0. The third-order valence-corrected chi connectivity index (χ3v) is 5.06. The van der Waals surface area contributed by atoms with Gasteiger partial charge in [0.2, 0.25) is 11.8 Å². The fourth-order valence-corrected chi connectivity index (χ4v) is 3.40. The zero-order valence-electron chi connectivity index (χ0n) is 17.1. The minimum absolute atomic E-state index is 0.0166. The van der Waals surface area contributed by atoms with Gasteiger partial charge in [-0.2, -0.15) is 0 Å². The van der Waals surface area contributed by atoms with Crippen LogP contribution in [-0.2, 0) is 32.1 Å². The summed E-state index contributed by atoms with van der Waals surface area (Å²) in [5.74, 6) is -0.166. The van der Waals surface area contributed by atoms with Gasteiger partial charge in [-0.25, -0.2) is 0 Å². The van der Waals surface area contributed by atoms with Crippen molar-refractivity contribution in [1.82, 2.24) is 0 Å².